The molecule has 0 rings (SSSR count). The molecule has 0 aliphatic heterocycles. The third kappa shape index (κ3) is 8.20. The third-order valence-electron chi connectivity index (χ3n) is 3.70. The van der Waals surface area contributed by atoms with Gasteiger partial charge in [0.05, 0.1) is 13.2 Å². The van der Waals surface area contributed by atoms with E-state index in [9.17, 15) is 5.11 Å². The van der Waals surface area contributed by atoms with Crippen molar-refractivity contribution in [2.75, 3.05) is 40.0 Å². The maximum atomic E-state index is 9.69. The van der Waals surface area contributed by atoms with Gasteiger partial charge in [-0.25, -0.2) is 0 Å². The molecule has 2 unspecified atom stereocenters. The van der Waals surface area contributed by atoms with E-state index < -0.39 is 0 Å². The molecule has 0 aliphatic rings. The van der Waals surface area contributed by atoms with Crippen molar-refractivity contribution in [1.82, 2.24) is 10.2 Å². The van der Waals surface area contributed by atoms with Crippen LogP contribution in [0, 0.1) is 5.92 Å². The fraction of sp³-hybridized carbons (Fsp3) is 1.00. The van der Waals surface area contributed by atoms with Gasteiger partial charge in [0.15, 0.2) is 0 Å². The lowest BCUT2D eigenvalue weighted by atomic mass is 9.93. The second-order valence-electron chi connectivity index (χ2n) is 6.58. The highest BCUT2D eigenvalue weighted by atomic mass is 16.5. The van der Waals surface area contributed by atoms with Crippen LogP contribution >= 0.6 is 0 Å². The van der Waals surface area contributed by atoms with Gasteiger partial charge in [-0.3, -0.25) is 4.90 Å². The van der Waals surface area contributed by atoms with E-state index in [2.05, 4.69) is 44.8 Å². The first kappa shape index (κ1) is 19.8. The number of nitrogens with zero attached hydrogens (tertiary/aromatic N) is 1. The molecule has 2 N–H and O–H groups in total. The van der Waals surface area contributed by atoms with Gasteiger partial charge in [0.1, 0.15) is 0 Å². The molecule has 0 spiro atoms. The number of ether oxygens (including phenoxy) is 1. The van der Waals surface area contributed by atoms with Crippen LogP contribution in [-0.2, 0) is 4.74 Å². The Balaban J connectivity index is 4.56. The highest BCUT2D eigenvalue weighted by Crippen LogP contribution is 2.17. The van der Waals surface area contributed by atoms with Crippen molar-refractivity contribution in [1.29, 1.82) is 0 Å². The summed E-state index contributed by atoms with van der Waals surface area (Å²) in [6.07, 6.45) is 2.03. The summed E-state index contributed by atoms with van der Waals surface area (Å²) in [7, 11) is 1.75. The zero-order valence-corrected chi connectivity index (χ0v) is 14.4. The van der Waals surface area contributed by atoms with Crippen molar-refractivity contribution in [2.24, 2.45) is 5.92 Å². The largest absolute Gasteiger partial charge is 0.394 e. The monoisotopic (exact) mass is 288 g/mol. The molecule has 0 saturated heterocycles. The van der Waals surface area contributed by atoms with Gasteiger partial charge in [-0.15, -0.1) is 0 Å². The summed E-state index contributed by atoms with van der Waals surface area (Å²) in [5.74, 6) is 0.637. The molecule has 122 valence electrons. The van der Waals surface area contributed by atoms with Crippen LogP contribution < -0.4 is 5.32 Å². The smallest absolute Gasteiger partial charge is 0.0611 e. The van der Waals surface area contributed by atoms with Gasteiger partial charge in [0.2, 0.25) is 0 Å². The topological polar surface area (TPSA) is 44.7 Å². The lowest BCUT2D eigenvalue weighted by molar-refractivity contribution is 0.0824. The van der Waals surface area contributed by atoms with Crippen molar-refractivity contribution < 1.29 is 9.84 Å². The normalized spacial score (nSPS) is 16.6. The zero-order valence-electron chi connectivity index (χ0n) is 14.4. The van der Waals surface area contributed by atoms with E-state index >= 15 is 0 Å². The highest BCUT2D eigenvalue weighted by Gasteiger charge is 2.27. The van der Waals surface area contributed by atoms with Crippen LogP contribution in [0.4, 0.5) is 0 Å². The quantitative estimate of drug-likeness (QED) is 0.577. The van der Waals surface area contributed by atoms with Gasteiger partial charge in [0.25, 0.3) is 0 Å². The predicted octanol–water partition coefficient (Wildman–Crippen LogP) is 2.12. The summed E-state index contributed by atoms with van der Waals surface area (Å²) in [5.41, 5.74) is -0.197. The molecule has 4 heteroatoms. The average molecular weight is 288 g/mol. The van der Waals surface area contributed by atoms with E-state index in [1.807, 2.05) is 0 Å². The Bertz CT molecular complexity index is 237. The fourth-order valence-corrected chi connectivity index (χ4v) is 2.57. The van der Waals surface area contributed by atoms with Crippen LogP contribution in [0.1, 0.15) is 47.5 Å². The number of nitrogens with one attached hydrogen (secondary N) is 1. The lowest BCUT2D eigenvalue weighted by Gasteiger charge is -2.37. The molecule has 0 aliphatic carbocycles. The van der Waals surface area contributed by atoms with Gasteiger partial charge in [-0.1, -0.05) is 20.8 Å². The Morgan fingerprint density at radius 3 is 2.40 bits per heavy atom. The van der Waals surface area contributed by atoms with Crippen molar-refractivity contribution in [3.8, 4) is 0 Å². The Morgan fingerprint density at radius 1 is 1.30 bits per heavy atom. The summed E-state index contributed by atoms with van der Waals surface area (Å²) < 4.78 is 5.22. The van der Waals surface area contributed by atoms with Gasteiger partial charge >= 0.3 is 0 Å². The summed E-state index contributed by atoms with van der Waals surface area (Å²) in [5, 5.41) is 13.2. The molecule has 0 aromatic heterocycles. The Hall–Kier alpha value is -0.160. The number of methoxy groups -OCH3 is 1. The Morgan fingerprint density at radius 2 is 1.95 bits per heavy atom. The van der Waals surface area contributed by atoms with Crippen LogP contribution in [0.2, 0.25) is 0 Å². The summed E-state index contributed by atoms with van der Waals surface area (Å²) in [4.78, 5) is 2.47. The summed E-state index contributed by atoms with van der Waals surface area (Å²) in [6.45, 7) is 14.9. The molecule has 0 saturated carbocycles. The summed E-state index contributed by atoms with van der Waals surface area (Å²) in [6, 6.07) is 0.425. The fourth-order valence-electron chi connectivity index (χ4n) is 2.57. The predicted molar refractivity (Wildman–Crippen MR) is 86.2 cm³/mol. The molecule has 0 bridgehead atoms. The molecule has 0 aromatic carbocycles. The minimum Gasteiger partial charge on any atom is -0.394 e. The third-order valence-corrected chi connectivity index (χ3v) is 3.70. The second kappa shape index (κ2) is 10.6. The van der Waals surface area contributed by atoms with Crippen molar-refractivity contribution in [3.05, 3.63) is 0 Å². The lowest BCUT2D eigenvalue weighted by Crippen LogP contribution is -2.51. The molecule has 0 radical (unpaired) electrons. The van der Waals surface area contributed by atoms with E-state index in [1.165, 1.54) is 0 Å². The number of rotatable bonds is 12. The van der Waals surface area contributed by atoms with Crippen LogP contribution in [0.3, 0.4) is 0 Å². The van der Waals surface area contributed by atoms with Gasteiger partial charge < -0.3 is 15.2 Å². The Kier molecular flexibility index (Phi) is 10.5. The molecule has 2 atom stereocenters. The van der Waals surface area contributed by atoms with E-state index in [0.29, 0.717) is 12.0 Å². The molecule has 0 fully saturated rings. The van der Waals surface area contributed by atoms with Crippen molar-refractivity contribution in [3.63, 3.8) is 0 Å². The van der Waals surface area contributed by atoms with Gasteiger partial charge in [-0.05, 0) is 39.2 Å². The molecular weight excluding hydrogens is 252 g/mol. The Labute approximate surface area is 125 Å². The minimum absolute atomic E-state index is 0.178. The molecule has 20 heavy (non-hydrogen) atoms. The maximum Gasteiger partial charge on any atom is 0.0611 e. The van der Waals surface area contributed by atoms with Gasteiger partial charge in [0, 0.05) is 31.8 Å². The highest BCUT2D eigenvalue weighted by molar-refractivity contribution is 4.87. The van der Waals surface area contributed by atoms with E-state index in [1.54, 1.807) is 7.11 Å². The maximum absolute atomic E-state index is 9.69. The minimum atomic E-state index is -0.197. The zero-order chi connectivity index (χ0) is 15.6. The first-order valence-electron chi connectivity index (χ1n) is 7.97. The number of aliphatic hydroxyl groups is 1. The van der Waals surface area contributed by atoms with Crippen LogP contribution in [0.15, 0.2) is 0 Å². The molecule has 4 nitrogen and oxygen atoms in total. The van der Waals surface area contributed by atoms with Crippen LogP contribution in [0.5, 0.6) is 0 Å². The van der Waals surface area contributed by atoms with Crippen LogP contribution in [-0.4, -0.2) is 61.5 Å². The van der Waals surface area contributed by atoms with E-state index in [-0.39, 0.29) is 12.1 Å². The van der Waals surface area contributed by atoms with Gasteiger partial charge in [-0.2, -0.15) is 0 Å². The first-order chi connectivity index (χ1) is 9.38. The number of aliphatic hydroxyl groups excluding tert-OH is 1. The van der Waals surface area contributed by atoms with Crippen molar-refractivity contribution in [2.45, 2.75) is 59.0 Å². The van der Waals surface area contributed by atoms with E-state index in [4.69, 9.17) is 4.74 Å². The molecular formula is C16H36N2O2. The number of hydrogen-bond donors (Lipinski definition) is 2. The first-order valence-corrected chi connectivity index (χ1v) is 7.97. The molecule has 0 amide bonds. The van der Waals surface area contributed by atoms with E-state index in [0.717, 1.165) is 39.1 Å². The molecule has 0 aromatic rings. The average Bonchev–Trinajstić information content (AvgIpc) is 2.40. The second-order valence-corrected chi connectivity index (χ2v) is 6.58. The summed E-state index contributed by atoms with van der Waals surface area (Å²) >= 11 is 0. The van der Waals surface area contributed by atoms with Crippen LogP contribution in [0.25, 0.3) is 0 Å². The van der Waals surface area contributed by atoms with Crippen molar-refractivity contribution >= 4 is 0 Å². The SMILES string of the molecule is CCCNC(C)(CO)CC(C)N(CCOC)CC(C)C. The molecule has 0 heterocycles. The number of hydrogen-bond acceptors (Lipinski definition) is 4. The standard InChI is InChI=1S/C16H36N2O2/c1-7-8-17-16(5,13-19)11-15(4)18(9-10-20-6)12-14(2)3/h14-15,17,19H,7-13H2,1-6H3.